The van der Waals surface area contributed by atoms with E-state index >= 15 is 0 Å². The maximum atomic E-state index is 9.94. The van der Waals surface area contributed by atoms with Gasteiger partial charge in [-0.25, -0.2) is 0 Å². The van der Waals surface area contributed by atoms with Crippen molar-refractivity contribution in [2.75, 3.05) is 20.3 Å². The van der Waals surface area contributed by atoms with Crippen LogP contribution in [0.25, 0.3) is 6.08 Å². The van der Waals surface area contributed by atoms with E-state index in [0.717, 1.165) is 5.56 Å². The number of aliphatic hydroxyl groups excluding tert-OH is 1. The van der Waals surface area contributed by atoms with Gasteiger partial charge in [0, 0.05) is 12.1 Å². The van der Waals surface area contributed by atoms with Gasteiger partial charge in [-0.15, -0.1) is 12.4 Å². The summed E-state index contributed by atoms with van der Waals surface area (Å²) in [6.45, 7) is 8.86. The number of ether oxygens (including phenoxy) is 2. The minimum atomic E-state index is -0.566. The largest absolute Gasteiger partial charge is 0.493 e. The van der Waals surface area contributed by atoms with Gasteiger partial charge in [0.1, 0.15) is 12.7 Å². The van der Waals surface area contributed by atoms with Crippen molar-refractivity contribution in [3.05, 3.63) is 29.8 Å². The van der Waals surface area contributed by atoms with E-state index in [9.17, 15) is 5.11 Å². The number of benzene rings is 1. The number of allylic oxidation sites excluding steroid dienone is 1. The van der Waals surface area contributed by atoms with Crippen LogP contribution in [-0.2, 0) is 0 Å². The molecule has 2 N–H and O–H groups in total. The molecule has 5 heteroatoms. The first kappa shape index (κ1) is 20.8. The number of nitrogens with one attached hydrogen (secondary N) is 1. The third-order valence-electron chi connectivity index (χ3n) is 2.85. The van der Waals surface area contributed by atoms with Crippen molar-refractivity contribution in [2.45, 2.75) is 39.3 Å². The summed E-state index contributed by atoms with van der Waals surface area (Å²) < 4.78 is 11.0. The Morgan fingerprint density at radius 3 is 2.50 bits per heavy atom. The normalized spacial score (nSPS) is 12.8. The minimum Gasteiger partial charge on any atom is -0.493 e. The van der Waals surface area contributed by atoms with Crippen LogP contribution in [0.1, 0.15) is 33.3 Å². The SMILES string of the molecule is CC=Cc1ccc(OCC(O)CNC(C)(C)C)c(OC)c1.Cl. The lowest BCUT2D eigenvalue weighted by atomic mass is 10.1. The van der Waals surface area contributed by atoms with Gasteiger partial charge in [-0.2, -0.15) is 0 Å². The van der Waals surface area contributed by atoms with Gasteiger partial charge in [-0.05, 0) is 45.4 Å². The van der Waals surface area contributed by atoms with E-state index < -0.39 is 6.10 Å². The maximum absolute atomic E-state index is 9.94. The van der Waals surface area contributed by atoms with Crippen LogP contribution in [-0.4, -0.2) is 37.0 Å². The second-order valence-electron chi connectivity index (χ2n) is 6.01. The predicted molar refractivity (Wildman–Crippen MR) is 94.2 cm³/mol. The van der Waals surface area contributed by atoms with E-state index in [1.807, 2.05) is 37.3 Å². The first-order valence-corrected chi connectivity index (χ1v) is 7.22. The van der Waals surface area contributed by atoms with Gasteiger partial charge in [0.2, 0.25) is 0 Å². The summed E-state index contributed by atoms with van der Waals surface area (Å²) in [5.74, 6) is 1.31. The summed E-state index contributed by atoms with van der Waals surface area (Å²) in [6, 6.07) is 5.73. The van der Waals surface area contributed by atoms with E-state index in [4.69, 9.17) is 9.47 Å². The van der Waals surface area contributed by atoms with Crippen molar-refractivity contribution in [1.82, 2.24) is 5.32 Å². The van der Waals surface area contributed by atoms with Crippen molar-refractivity contribution in [1.29, 1.82) is 0 Å². The van der Waals surface area contributed by atoms with Gasteiger partial charge in [0.05, 0.1) is 7.11 Å². The molecule has 4 nitrogen and oxygen atoms in total. The molecule has 0 aliphatic carbocycles. The molecule has 0 spiro atoms. The van der Waals surface area contributed by atoms with Crippen LogP contribution < -0.4 is 14.8 Å². The third-order valence-corrected chi connectivity index (χ3v) is 2.85. The lowest BCUT2D eigenvalue weighted by Gasteiger charge is -2.23. The van der Waals surface area contributed by atoms with Crippen LogP contribution in [0.4, 0.5) is 0 Å². The Bertz CT molecular complexity index is 469. The molecule has 1 aromatic rings. The quantitative estimate of drug-likeness (QED) is 0.806. The number of aliphatic hydroxyl groups is 1. The molecule has 1 aromatic carbocycles. The Hall–Kier alpha value is -1.23. The molecular weight excluding hydrogens is 302 g/mol. The number of halogens is 1. The van der Waals surface area contributed by atoms with Crippen LogP contribution in [0.3, 0.4) is 0 Å². The molecule has 0 aromatic heterocycles. The molecule has 0 amide bonds. The fraction of sp³-hybridized carbons (Fsp3) is 0.529. The number of hydrogen-bond acceptors (Lipinski definition) is 4. The van der Waals surface area contributed by atoms with Crippen LogP contribution >= 0.6 is 12.4 Å². The summed E-state index contributed by atoms with van der Waals surface area (Å²) in [6.07, 6.45) is 3.40. The number of hydrogen-bond donors (Lipinski definition) is 2. The highest BCUT2D eigenvalue weighted by molar-refractivity contribution is 5.85. The first-order chi connectivity index (χ1) is 9.85. The van der Waals surface area contributed by atoms with Crippen molar-refractivity contribution in [3.8, 4) is 11.5 Å². The summed E-state index contributed by atoms with van der Waals surface area (Å²) >= 11 is 0. The lowest BCUT2D eigenvalue weighted by molar-refractivity contribution is 0.0985. The van der Waals surface area contributed by atoms with Gasteiger partial charge in [0.25, 0.3) is 0 Å². The van der Waals surface area contributed by atoms with E-state index in [1.165, 1.54) is 0 Å². The fourth-order valence-electron chi connectivity index (χ4n) is 1.77. The Balaban J connectivity index is 0.00000441. The smallest absolute Gasteiger partial charge is 0.161 e. The highest BCUT2D eigenvalue weighted by Gasteiger charge is 2.13. The van der Waals surface area contributed by atoms with Crippen LogP contribution in [0, 0.1) is 0 Å². The summed E-state index contributed by atoms with van der Waals surface area (Å²) in [5.41, 5.74) is 1.03. The van der Waals surface area contributed by atoms with Crippen molar-refractivity contribution in [2.24, 2.45) is 0 Å². The number of β-amino-alcohol motifs (C(OH)–C–C–N with tert-alkyl or cyclic N) is 1. The average Bonchev–Trinajstić information content (AvgIpc) is 2.43. The van der Waals surface area contributed by atoms with E-state index in [0.29, 0.717) is 18.0 Å². The molecule has 0 saturated heterocycles. The molecule has 0 aliphatic heterocycles. The van der Waals surface area contributed by atoms with Gasteiger partial charge >= 0.3 is 0 Å². The highest BCUT2D eigenvalue weighted by Crippen LogP contribution is 2.28. The van der Waals surface area contributed by atoms with Crippen LogP contribution in [0.5, 0.6) is 11.5 Å². The second kappa shape index (κ2) is 9.72. The van der Waals surface area contributed by atoms with Crippen LogP contribution in [0.15, 0.2) is 24.3 Å². The van der Waals surface area contributed by atoms with Gasteiger partial charge in [-0.3, -0.25) is 0 Å². The molecular formula is C17H28ClNO3. The summed E-state index contributed by atoms with van der Waals surface area (Å²) in [5, 5.41) is 13.2. The van der Waals surface area contributed by atoms with Crippen molar-refractivity contribution < 1.29 is 14.6 Å². The average molecular weight is 330 g/mol. The lowest BCUT2D eigenvalue weighted by Crippen LogP contribution is -2.42. The summed E-state index contributed by atoms with van der Waals surface area (Å²) in [4.78, 5) is 0. The van der Waals surface area contributed by atoms with Crippen molar-refractivity contribution in [3.63, 3.8) is 0 Å². The van der Waals surface area contributed by atoms with Gasteiger partial charge in [0.15, 0.2) is 11.5 Å². The predicted octanol–water partition coefficient (Wildman–Crippen LogP) is 3.28. The van der Waals surface area contributed by atoms with Crippen LogP contribution in [0.2, 0.25) is 0 Å². The Labute approximate surface area is 139 Å². The van der Waals surface area contributed by atoms with E-state index in [-0.39, 0.29) is 24.6 Å². The molecule has 22 heavy (non-hydrogen) atoms. The maximum Gasteiger partial charge on any atom is 0.161 e. The molecule has 0 heterocycles. The Morgan fingerprint density at radius 1 is 1.27 bits per heavy atom. The third kappa shape index (κ3) is 7.69. The zero-order valence-electron chi connectivity index (χ0n) is 14.1. The fourth-order valence-corrected chi connectivity index (χ4v) is 1.77. The molecule has 0 radical (unpaired) electrons. The monoisotopic (exact) mass is 329 g/mol. The van der Waals surface area contributed by atoms with Gasteiger partial charge < -0.3 is 19.9 Å². The topological polar surface area (TPSA) is 50.7 Å². The molecule has 0 aliphatic rings. The molecule has 1 atom stereocenters. The minimum absolute atomic E-state index is 0. The zero-order valence-corrected chi connectivity index (χ0v) is 14.9. The zero-order chi connectivity index (χ0) is 15.9. The molecule has 126 valence electrons. The molecule has 0 saturated carbocycles. The highest BCUT2D eigenvalue weighted by atomic mass is 35.5. The number of methoxy groups -OCH3 is 1. The molecule has 0 bridgehead atoms. The second-order valence-corrected chi connectivity index (χ2v) is 6.01. The molecule has 1 rings (SSSR count). The Kier molecular flexibility index (Phi) is 9.18. The number of rotatable bonds is 7. The Morgan fingerprint density at radius 2 is 1.95 bits per heavy atom. The van der Waals surface area contributed by atoms with Gasteiger partial charge in [-0.1, -0.05) is 18.2 Å². The van der Waals surface area contributed by atoms with E-state index in [1.54, 1.807) is 7.11 Å². The van der Waals surface area contributed by atoms with Crippen molar-refractivity contribution >= 4 is 18.5 Å². The first-order valence-electron chi connectivity index (χ1n) is 7.22. The molecule has 1 unspecified atom stereocenters. The standard InChI is InChI=1S/C17H27NO3.ClH/c1-6-7-13-8-9-15(16(10-13)20-5)21-12-14(19)11-18-17(2,3)4;/h6-10,14,18-19H,11-12H2,1-5H3;1H. The summed E-state index contributed by atoms with van der Waals surface area (Å²) in [7, 11) is 1.61. The van der Waals surface area contributed by atoms with E-state index in [2.05, 4.69) is 26.1 Å². The molecule has 0 fully saturated rings.